The van der Waals surface area contributed by atoms with E-state index in [1.54, 1.807) is 34.6 Å². The van der Waals surface area contributed by atoms with Crippen LogP contribution in [0.1, 0.15) is 34.7 Å². The van der Waals surface area contributed by atoms with Crippen molar-refractivity contribution in [1.82, 2.24) is 4.31 Å². The second-order valence-electron chi connectivity index (χ2n) is 8.83. The Kier molecular flexibility index (Phi) is 5.90. The van der Waals surface area contributed by atoms with Crippen LogP contribution >= 0.6 is 0 Å². The van der Waals surface area contributed by atoms with Crippen molar-refractivity contribution in [3.05, 3.63) is 94.8 Å². The summed E-state index contributed by atoms with van der Waals surface area (Å²) in [6.07, 6.45) is 0.645. The molecule has 2 heterocycles. The van der Waals surface area contributed by atoms with Crippen LogP contribution in [0.25, 0.3) is 0 Å². The Hall–Kier alpha value is -3.18. The first-order valence-corrected chi connectivity index (χ1v) is 12.7. The number of aliphatic hydroxyl groups is 1. The standard InChI is InChI=1S/C27H25FN2O3S/c1-18-4-2-7-22(14-18)34(32,33)30-13-12-23-26(17-31)29-25-11-10-20(16-24(25)27(23)30)9-8-19-5-3-6-21(28)15-19/h2-7,10-11,14-16,23,26-27,29,31H,12-13,17H2,1H3/t23-,26+,27-/m1/s1. The minimum Gasteiger partial charge on any atom is -0.394 e. The number of aryl methyl sites for hydroxylation is 1. The number of anilines is 1. The molecule has 2 aliphatic heterocycles. The van der Waals surface area contributed by atoms with Crippen molar-refractivity contribution in [3.8, 4) is 11.8 Å². The molecule has 3 aromatic carbocycles. The van der Waals surface area contributed by atoms with Gasteiger partial charge in [0.2, 0.25) is 10.0 Å². The molecule has 1 saturated heterocycles. The maximum Gasteiger partial charge on any atom is 0.243 e. The number of aliphatic hydroxyl groups excluding tert-OH is 1. The molecular weight excluding hydrogens is 451 g/mol. The zero-order valence-electron chi connectivity index (χ0n) is 18.7. The number of sulfonamides is 1. The molecule has 3 aromatic rings. The minimum absolute atomic E-state index is 0.0662. The van der Waals surface area contributed by atoms with Crippen molar-refractivity contribution < 1.29 is 17.9 Å². The van der Waals surface area contributed by atoms with E-state index in [2.05, 4.69) is 17.2 Å². The van der Waals surface area contributed by atoms with E-state index in [-0.39, 0.29) is 29.3 Å². The molecule has 5 rings (SSSR count). The fourth-order valence-electron chi connectivity index (χ4n) is 4.99. The van der Waals surface area contributed by atoms with Gasteiger partial charge in [-0.1, -0.05) is 30.0 Å². The summed E-state index contributed by atoms with van der Waals surface area (Å²) in [6, 6.07) is 18.0. The van der Waals surface area contributed by atoms with E-state index in [4.69, 9.17) is 0 Å². The minimum atomic E-state index is -3.73. The average molecular weight is 477 g/mol. The van der Waals surface area contributed by atoms with Crippen molar-refractivity contribution in [2.75, 3.05) is 18.5 Å². The highest BCUT2D eigenvalue weighted by atomic mass is 32.2. The summed E-state index contributed by atoms with van der Waals surface area (Å²) in [5.74, 6) is 5.64. The average Bonchev–Trinajstić information content (AvgIpc) is 3.29. The van der Waals surface area contributed by atoms with Gasteiger partial charge in [0, 0.05) is 29.3 Å². The molecular formula is C27H25FN2O3S. The summed E-state index contributed by atoms with van der Waals surface area (Å²) >= 11 is 0. The molecule has 0 aliphatic carbocycles. The smallest absolute Gasteiger partial charge is 0.243 e. The summed E-state index contributed by atoms with van der Waals surface area (Å²) in [7, 11) is -3.73. The van der Waals surface area contributed by atoms with Gasteiger partial charge in [0.1, 0.15) is 5.82 Å². The molecule has 0 radical (unpaired) electrons. The van der Waals surface area contributed by atoms with Gasteiger partial charge in [-0.2, -0.15) is 4.31 Å². The van der Waals surface area contributed by atoms with Crippen molar-refractivity contribution in [2.45, 2.75) is 30.3 Å². The molecule has 174 valence electrons. The predicted octanol–water partition coefficient (Wildman–Crippen LogP) is 4.07. The number of benzene rings is 3. The fraction of sp³-hybridized carbons (Fsp3) is 0.259. The fourth-order valence-corrected chi connectivity index (χ4v) is 6.76. The molecule has 7 heteroatoms. The lowest BCUT2D eigenvalue weighted by Gasteiger charge is -2.38. The second kappa shape index (κ2) is 8.88. The van der Waals surface area contributed by atoms with Crippen LogP contribution in [0.5, 0.6) is 0 Å². The molecule has 0 bridgehead atoms. The Labute approximate surface area is 199 Å². The third-order valence-corrected chi connectivity index (χ3v) is 8.47. The van der Waals surface area contributed by atoms with Crippen LogP contribution in [-0.4, -0.2) is 37.0 Å². The molecule has 3 atom stereocenters. The Morgan fingerprint density at radius 1 is 1.06 bits per heavy atom. The summed E-state index contributed by atoms with van der Waals surface area (Å²) in [5, 5.41) is 13.4. The van der Waals surface area contributed by atoms with E-state index in [1.165, 1.54) is 12.1 Å². The number of hydrogen-bond acceptors (Lipinski definition) is 4. The number of nitrogens with zero attached hydrogens (tertiary/aromatic N) is 1. The highest BCUT2D eigenvalue weighted by Crippen LogP contribution is 2.48. The monoisotopic (exact) mass is 476 g/mol. The van der Waals surface area contributed by atoms with Crippen LogP contribution in [0.3, 0.4) is 0 Å². The number of nitrogens with one attached hydrogen (secondary N) is 1. The Morgan fingerprint density at radius 2 is 1.82 bits per heavy atom. The van der Waals surface area contributed by atoms with E-state index in [9.17, 15) is 17.9 Å². The van der Waals surface area contributed by atoms with Gasteiger partial charge >= 0.3 is 0 Å². The highest BCUT2D eigenvalue weighted by molar-refractivity contribution is 7.89. The van der Waals surface area contributed by atoms with Gasteiger partial charge in [0.25, 0.3) is 0 Å². The molecule has 1 fully saturated rings. The van der Waals surface area contributed by atoms with Gasteiger partial charge in [-0.05, 0) is 73.0 Å². The van der Waals surface area contributed by atoms with Crippen LogP contribution in [0.2, 0.25) is 0 Å². The van der Waals surface area contributed by atoms with Crippen LogP contribution in [-0.2, 0) is 10.0 Å². The largest absolute Gasteiger partial charge is 0.394 e. The summed E-state index contributed by atoms with van der Waals surface area (Å²) in [5.41, 5.74) is 3.80. The first-order valence-electron chi connectivity index (χ1n) is 11.2. The lowest BCUT2D eigenvalue weighted by molar-refractivity contribution is 0.210. The van der Waals surface area contributed by atoms with Crippen molar-refractivity contribution in [3.63, 3.8) is 0 Å². The molecule has 5 nitrogen and oxygen atoms in total. The normalized spacial score (nSPS) is 21.7. The Balaban J connectivity index is 1.56. The van der Waals surface area contributed by atoms with Gasteiger partial charge in [-0.15, -0.1) is 0 Å². The van der Waals surface area contributed by atoms with Crippen molar-refractivity contribution >= 4 is 15.7 Å². The molecule has 34 heavy (non-hydrogen) atoms. The van der Waals surface area contributed by atoms with Gasteiger partial charge in [-0.25, -0.2) is 12.8 Å². The molecule has 0 amide bonds. The van der Waals surface area contributed by atoms with E-state index in [0.717, 1.165) is 16.8 Å². The molecule has 2 aliphatic rings. The molecule has 0 saturated carbocycles. The lowest BCUT2D eigenvalue weighted by Crippen LogP contribution is -2.42. The molecule has 0 spiro atoms. The maximum absolute atomic E-state index is 13.7. The molecule has 0 aromatic heterocycles. The molecule has 2 N–H and O–H groups in total. The predicted molar refractivity (Wildman–Crippen MR) is 129 cm³/mol. The summed E-state index contributed by atoms with van der Waals surface area (Å²) in [4.78, 5) is 0.274. The Morgan fingerprint density at radius 3 is 2.56 bits per heavy atom. The SMILES string of the molecule is Cc1cccc(S(=O)(=O)N2CC[C@@H]3[C@H](CO)Nc4ccc(C#Cc5cccc(F)c5)cc4[C@@H]32)c1. The van der Waals surface area contributed by atoms with Gasteiger partial charge in [0.05, 0.1) is 23.6 Å². The zero-order valence-corrected chi connectivity index (χ0v) is 19.5. The van der Waals surface area contributed by atoms with Crippen LogP contribution < -0.4 is 5.32 Å². The van der Waals surface area contributed by atoms with E-state index < -0.39 is 16.1 Å². The topological polar surface area (TPSA) is 69.6 Å². The summed E-state index contributed by atoms with van der Waals surface area (Å²) < 4.78 is 42.4. The third kappa shape index (κ3) is 4.09. The van der Waals surface area contributed by atoms with E-state index in [1.807, 2.05) is 31.2 Å². The third-order valence-electron chi connectivity index (χ3n) is 6.60. The number of rotatable bonds is 3. The zero-order chi connectivity index (χ0) is 23.9. The lowest BCUT2D eigenvalue weighted by atomic mass is 9.83. The quantitative estimate of drug-likeness (QED) is 0.559. The first kappa shape index (κ1) is 22.6. The van der Waals surface area contributed by atoms with Crippen LogP contribution in [0, 0.1) is 30.5 Å². The van der Waals surface area contributed by atoms with E-state index in [0.29, 0.717) is 24.1 Å². The van der Waals surface area contributed by atoms with Crippen molar-refractivity contribution in [2.24, 2.45) is 5.92 Å². The molecule has 0 unspecified atom stereocenters. The number of fused-ring (bicyclic) bond motifs is 3. The van der Waals surface area contributed by atoms with Crippen LogP contribution in [0.4, 0.5) is 10.1 Å². The van der Waals surface area contributed by atoms with Crippen molar-refractivity contribution in [1.29, 1.82) is 0 Å². The highest BCUT2D eigenvalue weighted by Gasteiger charge is 2.48. The summed E-state index contributed by atoms with van der Waals surface area (Å²) in [6.45, 7) is 2.17. The number of hydrogen-bond donors (Lipinski definition) is 2. The maximum atomic E-state index is 13.7. The van der Waals surface area contributed by atoms with Gasteiger partial charge < -0.3 is 10.4 Å². The second-order valence-corrected chi connectivity index (χ2v) is 10.7. The Bertz CT molecular complexity index is 1410. The first-order chi connectivity index (χ1) is 16.4. The van der Waals surface area contributed by atoms with Crippen LogP contribution in [0.15, 0.2) is 71.6 Å². The number of halogens is 1. The van der Waals surface area contributed by atoms with Gasteiger partial charge in [0.15, 0.2) is 0 Å². The van der Waals surface area contributed by atoms with E-state index >= 15 is 0 Å². The van der Waals surface area contributed by atoms with Gasteiger partial charge in [-0.3, -0.25) is 0 Å².